The number of aromatic nitrogens is 1. The Kier molecular flexibility index (Phi) is 2.37. The Labute approximate surface area is 91.4 Å². The van der Waals surface area contributed by atoms with E-state index in [4.69, 9.17) is 23.2 Å². The molecular weight excluding hydrogens is 223 g/mol. The molecule has 0 radical (unpaired) electrons. The van der Waals surface area contributed by atoms with Crippen molar-refractivity contribution in [3.8, 4) is 0 Å². The number of halogens is 2. The van der Waals surface area contributed by atoms with E-state index < -0.39 is 4.33 Å². The van der Waals surface area contributed by atoms with Crippen LogP contribution in [0, 0.1) is 5.92 Å². The van der Waals surface area contributed by atoms with E-state index in [2.05, 4.69) is 10.3 Å². The fraction of sp³-hybridized carbons (Fsp3) is 0.333. The van der Waals surface area contributed by atoms with Gasteiger partial charge in [0.25, 0.3) is 0 Å². The number of anilines is 1. The molecule has 1 unspecified atom stereocenters. The van der Waals surface area contributed by atoms with E-state index >= 15 is 0 Å². The second-order valence-corrected chi connectivity index (χ2v) is 4.79. The third-order valence-corrected chi connectivity index (χ3v) is 2.93. The molecule has 0 bridgehead atoms. The smallest absolute Gasteiger partial charge is 0.230 e. The summed E-state index contributed by atoms with van der Waals surface area (Å²) in [6.45, 7) is 0. The maximum atomic E-state index is 11.5. The topological polar surface area (TPSA) is 42.0 Å². The first-order valence-electron chi connectivity index (χ1n) is 4.18. The van der Waals surface area contributed by atoms with E-state index in [-0.39, 0.29) is 11.8 Å². The highest BCUT2D eigenvalue weighted by Gasteiger charge is 2.56. The average molecular weight is 231 g/mol. The van der Waals surface area contributed by atoms with Crippen LogP contribution in [0.5, 0.6) is 0 Å². The Morgan fingerprint density at radius 2 is 2.07 bits per heavy atom. The molecule has 1 amide bonds. The lowest BCUT2D eigenvalue weighted by Crippen LogP contribution is -2.16. The van der Waals surface area contributed by atoms with E-state index in [1.54, 1.807) is 24.5 Å². The predicted octanol–water partition coefficient (Wildman–Crippen LogP) is 2.21. The normalized spacial score (nSPS) is 22.9. The number of carbonyl (C=O) groups excluding carboxylic acids is 1. The Morgan fingerprint density at radius 3 is 2.57 bits per heavy atom. The third kappa shape index (κ3) is 1.99. The number of nitrogens with zero attached hydrogens (tertiary/aromatic N) is 1. The van der Waals surface area contributed by atoms with Gasteiger partial charge in [0.1, 0.15) is 4.33 Å². The molecule has 1 fully saturated rings. The van der Waals surface area contributed by atoms with E-state index in [1.165, 1.54) is 0 Å². The highest BCUT2D eigenvalue weighted by molar-refractivity contribution is 6.52. The van der Waals surface area contributed by atoms with Crippen LogP contribution in [0.4, 0.5) is 5.69 Å². The Balaban J connectivity index is 1.97. The Bertz CT molecular complexity index is 353. The number of alkyl halides is 2. The molecule has 1 aliphatic rings. The molecule has 0 aromatic carbocycles. The molecule has 74 valence electrons. The monoisotopic (exact) mass is 230 g/mol. The molecule has 1 atom stereocenters. The summed E-state index contributed by atoms with van der Waals surface area (Å²) in [5.41, 5.74) is 0.709. The lowest BCUT2D eigenvalue weighted by molar-refractivity contribution is -0.117. The zero-order valence-corrected chi connectivity index (χ0v) is 8.72. The minimum atomic E-state index is -0.864. The van der Waals surface area contributed by atoms with Crippen LogP contribution in [-0.4, -0.2) is 15.2 Å². The van der Waals surface area contributed by atoms with Crippen molar-refractivity contribution in [2.45, 2.75) is 10.8 Å². The van der Waals surface area contributed by atoms with Crippen molar-refractivity contribution in [3.05, 3.63) is 24.5 Å². The summed E-state index contributed by atoms with van der Waals surface area (Å²) >= 11 is 11.5. The van der Waals surface area contributed by atoms with Crippen LogP contribution in [0.2, 0.25) is 0 Å². The van der Waals surface area contributed by atoms with Crippen LogP contribution in [0.1, 0.15) is 6.42 Å². The zero-order chi connectivity index (χ0) is 10.2. The maximum Gasteiger partial charge on any atom is 0.230 e. The summed E-state index contributed by atoms with van der Waals surface area (Å²) in [5, 5.41) is 2.71. The summed E-state index contributed by atoms with van der Waals surface area (Å²) in [6.07, 6.45) is 3.74. The summed E-state index contributed by atoms with van der Waals surface area (Å²) in [4.78, 5) is 15.3. The van der Waals surface area contributed by atoms with Crippen LogP contribution in [0.15, 0.2) is 24.5 Å². The van der Waals surface area contributed by atoms with Crippen LogP contribution in [-0.2, 0) is 4.79 Å². The van der Waals surface area contributed by atoms with Gasteiger partial charge >= 0.3 is 0 Å². The lowest BCUT2D eigenvalue weighted by atomic mass is 10.3. The predicted molar refractivity (Wildman–Crippen MR) is 55.4 cm³/mol. The Morgan fingerprint density at radius 1 is 1.50 bits per heavy atom. The molecule has 2 rings (SSSR count). The molecule has 1 aromatic rings. The molecule has 5 heteroatoms. The zero-order valence-electron chi connectivity index (χ0n) is 7.21. The van der Waals surface area contributed by atoms with Crippen LogP contribution < -0.4 is 5.32 Å². The van der Waals surface area contributed by atoms with E-state index in [1.807, 2.05) is 0 Å². The van der Waals surface area contributed by atoms with Crippen molar-refractivity contribution < 1.29 is 4.79 Å². The number of rotatable bonds is 2. The van der Waals surface area contributed by atoms with Crippen molar-refractivity contribution in [1.82, 2.24) is 4.98 Å². The molecule has 1 N–H and O–H groups in total. The molecule has 0 spiro atoms. The molecular formula is C9H8Cl2N2O. The van der Waals surface area contributed by atoms with Gasteiger partial charge in [-0.25, -0.2) is 0 Å². The van der Waals surface area contributed by atoms with Gasteiger partial charge < -0.3 is 5.32 Å². The first kappa shape index (κ1) is 9.74. The first-order chi connectivity index (χ1) is 6.59. The number of hydrogen-bond donors (Lipinski definition) is 1. The van der Waals surface area contributed by atoms with Crippen molar-refractivity contribution in [1.29, 1.82) is 0 Å². The van der Waals surface area contributed by atoms with Gasteiger partial charge in [0, 0.05) is 18.1 Å². The average Bonchev–Trinajstić information content (AvgIpc) is 2.77. The number of carbonyl (C=O) groups is 1. The summed E-state index contributed by atoms with van der Waals surface area (Å²) in [5.74, 6) is -0.430. The van der Waals surface area contributed by atoms with Gasteiger partial charge in [0.05, 0.1) is 5.92 Å². The van der Waals surface area contributed by atoms with Crippen LogP contribution >= 0.6 is 23.2 Å². The van der Waals surface area contributed by atoms with E-state index in [0.29, 0.717) is 12.1 Å². The minimum absolute atomic E-state index is 0.138. The SMILES string of the molecule is O=C(Nc1ccncc1)C1CC1(Cl)Cl. The standard InChI is InChI=1S/C9H8Cl2N2O/c10-9(11)5-7(9)8(14)13-6-1-3-12-4-2-6/h1-4,7H,5H2,(H,12,13,14). The summed E-state index contributed by atoms with van der Waals surface area (Å²) in [6, 6.07) is 3.43. The third-order valence-electron chi connectivity index (χ3n) is 2.09. The van der Waals surface area contributed by atoms with Crippen molar-refractivity contribution in [3.63, 3.8) is 0 Å². The minimum Gasteiger partial charge on any atom is -0.326 e. The molecule has 1 aliphatic carbocycles. The van der Waals surface area contributed by atoms with Gasteiger partial charge in [-0.3, -0.25) is 9.78 Å². The molecule has 1 heterocycles. The van der Waals surface area contributed by atoms with Crippen LogP contribution in [0.3, 0.4) is 0 Å². The number of nitrogens with one attached hydrogen (secondary N) is 1. The fourth-order valence-electron chi connectivity index (χ4n) is 1.16. The second-order valence-electron chi connectivity index (χ2n) is 3.24. The quantitative estimate of drug-likeness (QED) is 0.793. The highest BCUT2D eigenvalue weighted by Crippen LogP contribution is 2.53. The molecule has 0 aliphatic heterocycles. The largest absolute Gasteiger partial charge is 0.326 e. The second kappa shape index (κ2) is 3.41. The number of hydrogen-bond acceptors (Lipinski definition) is 2. The molecule has 3 nitrogen and oxygen atoms in total. The van der Waals surface area contributed by atoms with Gasteiger partial charge in [-0.1, -0.05) is 0 Å². The van der Waals surface area contributed by atoms with Gasteiger partial charge in [-0.2, -0.15) is 0 Å². The van der Waals surface area contributed by atoms with Crippen molar-refractivity contribution >= 4 is 34.8 Å². The lowest BCUT2D eigenvalue weighted by Gasteiger charge is -2.03. The van der Waals surface area contributed by atoms with Gasteiger partial charge in [-0.15, -0.1) is 23.2 Å². The van der Waals surface area contributed by atoms with Crippen molar-refractivity contribution in [2.24, 2.45) is 5.92 Å². The van der Waals surface area contributed by atoms with Crippen LogP contribution in [0.25, 0.3) is 0 Å². The number of amides is 1. The van der Waals surface area contributed by atoms with Gasteiger partial charge in [0.2, 0.25) is 5.91 Å². The Hall–Kier alpha value is -0.800. The summed E-state index contributed by atoms with van der Waals surface area (Å²) in [7, 11) is 0. The fourth-order valence-corrected chi connectivity index (χ4v) is 1.67. The summed E-state index contributed by atoms with van der Waals surface area (Å²) < 4.78 is -0.864. The molecule has 1 saturated carbocycles. The van der Waals surface area contributed by atoms with Gasteiger partial charge in [0.15, 0.2) is 0 Å². The first-order valence-corrected chi connectivity index (χ1v) is 4.94. The highest BCUT2D eigenvalue weighted by atomic mass is 35.5. The molecule has 14 heavy (non-hydrogen) atoms. The van der Waals surface area contributed by atoms with E-state index in [9.17, 15) is 4.79 Å². The number of pyridine rings is 1. The molecule has 1 aromatic heterocycles. The van der Waals surface area contributed by atoms with E-state index in [0.717, 1.165) is 0 Å². The van der Waals surface area contributed by atoms with Crippen molar-refractivity contribution in [2.75, 3.05) is 5.32 Å². The van der Waals surface area contributed by atoms with Gasteiger partial charge in [-0.05, 0) is 18.6 Å². The molecule has 0 saturated heterocycles. The maximum absolute atomic E-state index is 11.5.